The monoisotopic (exact) mass is 309 g/mol. The van der Waals surface area contributed by atoms with E-state index in [1.807, 2.05) is 0 Å². The van der Waals surface area contributed by atoms with E-state index < -0.39 is 0 Å². The zero-order valence-electron chi connectivity index (χ0n) is 13.4. The molecule has 112 valence electrons. The molecule has 0 aliphatic heterocycles. The van der Waals surface area contributed by atoms with Crippen molar-refractivity contribution in [1.29, 1.82) is 0 Å². The summed E-state index contributed by atoms with van der Waals surface area (Å²) in [4.78, 5) is 0. The molecule has 0 aliphatic rings. The first-order valence-electron chi connectivity index (χ1n) is 7.44. The van der Waals surface area contributed by atoms with Crippen molar-refractivity contribution in [2.24, 2.45) is 0 Å². The molecule has 22 heavy (non-hydrogen) atoms. The van der Waals surface area contributed by atoms with Gasteiger partial charge in [-0.25, -0.2) is 0 Å². The maximum Gasteiger partial charge on any atom is 0.0386 e. The van der Waals surface area contributed by atoms with Gasteiger partial charge in [0.15, 0.2) is 0 Å². The van der Waals surface area contributed by atoms with Crippen LogP contribution in [0.3, 0.4) is 0 Å². The van der Waals surface area contributed by atoms with Crippen molar-refractivity contribution in [1.82, 2.24) is 0 Å². The van der Waals surface area contributed by atoms with Crippen molar-refractivity contribution in [3.63, 3.8) is 0 Å². The Morgan fingerprint density at radius 1 is 0.636 bits per heavy atom. The van der Waals surface area contributed by atoms with Gasteiger partial charge in [-0.3, -0.25) is 0 Å². The molecule has 0 saturated carbocycles. The third-order valence-corrected chi connectivity index (χ3v) is 5.22. The lowest BCUT2D eigenvalue weighted by Gasteiger charge is -2.20. The molecule has 0 atom stereocenters. The molecule has 0 radical (unpaired) electrons. The van der Waals surface area contributed by atoms with Crippen LogP contribution in [-0.4, -0.2) is 0 Å². The molecule has 0 spiro atoms. The molecular formula is C20H20ClN. The van der Waals surface area contributed by atoms with Crippen LogP contribution in [0.4, 0.5) is 5.69 Å². The fourth-order valence-corrected chi connectivity index (χ4v) is 3.87. The summed E-state index contributed by atoms with van der Waals surface area (Å²) >= 11 is 0. The fourth-order valence-electron chi connectivity index (χ4n) is 3.87. The van der Waals surface area contributed by atoms with E-state index in [9.17, 15) is 0 Å². The highest BCUT2D eigenvalue weighted by molar-refractivity contribution is 6.26. The number of nitrogens with two attached hydrogens (primary N) is 1. The van der Waals surface area contributed by atoms with Crippen LogP contribution in [0.2, 0.25) is 0 Å². The standard InChI is InChI=1S/C20H19N.ClH/c1-10-11(2)17-13(4)20(21)12(3)16-9-8-14-6-5-7-15(10)18(14)19(16)17;/h5-9H,21H2,1-4H3;1H. The number of nitrogen functional groups attached to an aromatic ring is 1. The van der Waals surface area contributed by atoms with Gasteiger partial charge in [-0.2, -0.15) is 0 Å². The first kappa shape index (κ1) is 14.9. The summed E-state index contributed by atoms with van der Waals surface area (Å²) in [5, 5.41) is 8.09. The highest BCUT2D eigenvalue weighted by atomic mass is 35.5. The summed E-state index contributed by atoms with van der Waals surface area (Å²) in [6.07, 6.45) is 0. The molecule has 2 heteroatoms. The first-order valence-corrected chi connectivity index (χ1v) is 7.44. The van der Waals surface area contributed by atoms with Crippen molar-refractivity contribution in [3.8, 4) is 0 Å². The minimum absolute atomic E-state index is 0. The average molecular weight is 310 g/mol. The summed E-state index contributed by atoms with van der Waals surface area (Å²) in [6, 6.07) is 11.1. The highest BCUT2D eigenvalue weighted by Crippen LogP contribution is 2.43. The van der Waals surface area contributed by atoms with Gasteiger partial charge in [0.1, 0.15) is 0 Å². The van der Waals surface area contributed by atoms with Gasteiger partial charge in [-0.05, 0) is 82.3 Å². The van der Waals surface area contributed by atoms with E-state index >= 15 is 0 Å². The third-order valence-electron chi connectivity index (χ3n) is 5.22. The van der Waals surface area contributed by atoms with Crippen LogP contribution in [0, 0.1) is 27.7 Å². The van der Waals surface area contributed by atoms with Gasteiger partial charge < -0.3 is 5.73 Å². The van der Waals surface area contributed by atoms with Gasteiger partial charge in [-0.1, -0.05) is 30.3 Å². The molecule has 0 bridgehead atoms. The third kappa shape index (κ3) is 1.60. The summed E-state index contributed by atoms with van der Waals surface area (Å²) in [7, 11) is 0. The number of halogens is 1. The van der Waals surface area contributed by atoms with Crippen LogP contribution in [0.5, 0.6) is 0 Å². The molecule has 0 fully saturated rings. The molecular weight excluding hydrogens is 290 g/mol. The Balaban J connectivity index is 0.00000144. The summed E-state index contributed by atoms with van der Waals surface area (Å²) in [5.74, 6) is 0. The molecule has 0 heterocycles. The predicted molar refractivity (Wildman–Crippen MR) is 101 cm³/mol. The van der Waals surface area contributed by atoms with Crippen LogP contribution in [0.1, 0.15) is 22.3 Å². The van der Waals surface area contributed by atoms with Crippen LogP contribution in [-0.2, 0) is 0 Å². The van der Waals surface area contributed by atoms with E-state index in [2.05, 4.69) is 58.0 Å². The first-order chi connectivity index (χ1) is 10.0. The number of benzene rings is 4. The Labute approximate surface area is 136 Å². The average Bonchev–Trinajstić information content (AvgIpc) is 2.50. The zero-order valence-corrected chi connectivity index (χ0v) is 14.2. The van der Waals surface area contributed by atoms with Gasteiger partial charge in [0, 0.05) is 5.69 Å². The Kier molecular flexibility index (Phi) is 3.23. The molecule has 2 N–H and O–H groups in total. The molecule has 4 rings (SSSR count). The number of hydrogen-bond acceptors (Lipinski definition) is 1. The van der Waals surface area contributed by atoms with Crippen molar-refractivity contribution < 1.29 is 0 Å². The quantitative estimate of drug-likeness (QED) is 0.321. The van der Waals surface area contributed by atoms with Gasteiger partial charge in [0.2, 0.25) is 0 Å². The second-order valence-electron chi connectivity index (χ2n) is 6.18. The van der Waals surface area contributed by atoms with E-state index in [0.29, 0.717) is 0 Å². The molecule has 1 nitrogen and oxygen atoms in total. The van der Waals surface area contributed by atoms with Gasteiger partial charge >= 0.3 is 0 Å². The number of aryl methyl sites for hydroxylation is 4. The Bertz CT molecular complexity index is 1030. The van der Waals surface area contributed by atoms with E-state index in [-0.39, 0.29) is 12.4 Å². The van der Waals surface area contributed by atoms with E-state index in [1.165, 1.54) is 54.6 Å². The minimum atomic E-state index is 0. The van der Waals surface area contributed by atoms with Crippen molar-refractivity contribution in [3.05, 3.63) is 52.6 Å². The second-order valence-corrected chi connectivity index (χ2v) is 6.18. The van der Waals surface area contributed by atoms with E-state index in [4.69, 9.17) is 5.73 Å². The van der Waals surface area contributed by atoms with Crippen LogP contribution in [0.15, 0.2) is 30.3 Å². The lowest BCUT2D eigenvalue weighted by molar-refractivity contribution is 1.38. The lowest BCUT2D eigenvalue weighted by atomic mass is 9.84. The summed E-state index contributed by atoms with van der Waals surface area (Å²) in [6.45, 7) is 8.74. The minimum Gasteiger partial charge on any atom is -0.398 e. The fraction of sp³-hybridized carbons (Fsp3) is 0.200. The number of hydrogen-bond donors (Lipinski definition) is 1. The summed E-state index contributed by atoms with van der Waals surface area (Å²) in [5.41, 5.74) is 12.5. The lowest BCUT2D eigenvalue weighted by Crippen LogP contribution is -2.00. The molecule has 4 aromatic carbocycles. The Morgan fingerprint density at radius 3 is 2.05 bits per heavy atom. The molecule has 4 aromatic rings. The molecule has 0 aliphatic carbocycles. The van der Waals surface area contributed by atoms with Crippen molar-refractivity contribution in [2.45, 2.75) is 27.7 Å². The number of rotatable bonds is 0. The smallest absolute Gasteiger partial charge is 0.0386 e. The van der Waals surface area contributed by atoms with Gasteiger partial charge in [-0.15, -0.1) is 12.4 Å². The Hall–Kier alpha value is -1.99. The topological polar surface area (TPSA) is 26.0 Å². The van der Waals surface area contributed by atoms with Crippen molar-refractivity contribution >= 4 is 50.4 Å². The van der Waals surface area contributed by atoms with Crippen LogP contribution < -0.4 is 5.73 Å². The maximum absolute atomic E-state index is 6.37. The zero-order chi connectivity index (χ0) is 14.9. The van der Waals surface area contributed by atoms with Gasteiger partial charge in [0.25, 0.3) is 0 Å². The van der Waals surface area contributed by atoms with Crippen LogP contribution >= 0.6 is 12.4 Å². The molecule has 0 unspecified atom stereocenters. The normalized spacial score (nSPS) is 11.5. The largest absolute Gasteiger partial charge is 0.398 e. The second kappa shape index (κ2) is 4.76. The SMILES string of the molecule is Cc1c(C)c2c(C)c(N)c(C)c3ccc4cccc1c4c32.Cl. The molecule has 0 aromatic heterocycles. The Morgan fingerprint density at radius 2 is 1.32 bits per heavy atom. The highest BCUT2D eigenvalue weighted by Gasteiger charge is 2.18. The molecule has 0 saturated heterocycles. The number of anilines is 1. The molecule has 0 amide bonds. The maximum atomic E-state index is 6.37. The summed E-state index contributed by atoms with van der Waals surface area (Å²) < 4.78 is 0. The van der Waals surface area contributed by atoms with E-state index in [0.717, 1.165) is 5.69 Å². The predicted octanol–water partition coefficient (Wildman–Crippen LogP) is 5.82. The van der Waals surface area contributed by atoms with Crippen LogP contribution in [0.25, 0.3) is 32.3 Å². The van der Waals surface area contributed by atoms with E-state index in [1.54, 1.807) is 0 Å². The van der Waals surface area contributed by atoms with Crippen molar-refractivity contribution in [2.75, 3.05) is 5.73 Å². The van der Waals surface area contributed by atoms with Gasteiger partial charge in [0.05, 0.1) is 0 Å².